The summed E-state index contributed by atoms with van der Waals surface area (Å²) in [7, 11) is 0. The average Bonchev–Trinajstić information content (AvgIpc) is 2.79. The molecule has 7 heteroatoms. The molecule has 126 valence electrons. The van der Waals surface area contributed by atoms with Gasteiger partial charge in [-0.25, -0.2) is 9.97 Å². The first kappa shape index (κ1) is 18.6. The molecule has 23 heavy (non-hydrogen) atoms. The van der Waals surface area contributed by atoms with Crippen molar-refractivity contribution in [2.45, 2.75) is 38.4 Å². The fourth-order valence-electron chi connectivity index (χ4n) is 2.95. The lowest BCUT2D eigenvalue weighted by Crippen LogP contribution is -2.35. The summed E-state index contributed by atoms with van der Waals surface area (Å²) in [6, 6.07) is 2.56. The van der Waals surface area contributed by atoms with Gasteiger partial charge in [-0.2, -0.15) is 0 Å². The molecule has 1 unspecified atom stereocenters. The zero-order valence-corrected chi connectivity index (χ0v) is 15.3. The quantitative estimate of drug-likeness (QED) is 0.867. The Morgan fingerprint density at radius 3 is 2.78 bits per heavy atom. The molecular weight excluding hydrogens is 351 g/mol. The van der Waals surface area contributed by atoms with Crippen LogP contribution in [0.1, 0.15) is 29.7 Å². The van der Waals surface area contributed by atoms with Gasteiger partial charge in [-0.15, -0.1) is 23.7 Å². The van der Waals surface area contributed by atoms with Crippen molar-refractivity contribution in [1.82, 2.24) is 20.2 Å². The van der Waals surface area contributed by atoms with Gasteiger partial charge in [0, 0.05) is 42.0 Å². The first-order valence-electron chi connectivity index (χ1n) is 7.73. The van der Waals surface area contributed by atoms with Crippen LogP contribution in [0.4, 0.5) is 0 Å². The molecule has 0 bridgehead atoms. The van der Waals surface area contributed by atoms with E-state index in [1.54, 1.807) is 17.7 Å². The minimum absolute atomic E-state index is 0. The van der Waals surface area contributed by atoms with E-state index >= 15 is 0 Å². The van der Waals surface area contributed by atoms with Crippen LogP contribution in [0.15, 0.2) is 30.2 Å². The summed E-state index contributed by atoms with van der Waals surface area (Å²) < 4.78 is 0. The van der Waals surface area contributed by atoms with Crippen molar-refractivity contribution in [3.63, 3.8) is 0 Å². The van der Waals surface area contributed by atoms with Crippen LogP contribution in [0.5, 0.6) is 0 Å². The second-order valence-corrected chi connectivity index (χ2v) is 7.09. The van der Waals surface area contributed by atoms with E-state index in [1.807, 2.05) is 18.5 Å². The largest absolute Gasteiger partial charge is 0.317 e. The number of hydrogen-bond donors (Lipinski definition) is 1. The molecule has 2 aromatic rings. The van der Waals surface area contributed by atoms with Crippen LogP contribution in [0.3, 0.4) is 0 Å². The average molecular weight is 373 g/mol. The standard InChI is InChI=1S/C16H21ClN4S.ClH/c17-15-4-7-22-16(15)11-21(10-13-8-19-12-20-9-13)14-2-1-5-18-6-3-14;/h4,7-9,12,14,18H,1-3,5-6,10-11H2;1H. The molecule has 4 nitrogen and oxygen atoms in total. The molecule has 1 aliphatic rings. The van der Waals surface area contributed by atoms with Gasteiger partial charge < -0.3 is 5.32 Å². The highest BCUT2D eigenvalue weighted by Crippen LogP contribution is 2.27. The Morgan fingerprint density at radius 2 is 2.04 bits per heavy atom. The lowest BCUT2D eigenvalue weighted by Gasteiger charge is -2.30. The number of aromatic nitrogens is 2. The van der Waals surface area contributed by atoms with E-state index in [0.29, 0.717) is 6.04 Å². The SMILES string of the molecule is Cl.Clc1ccsc1CN(Cc1cncnc1)C1CCCNCC1. The van der Waals surface area contributed by atoms with E-state index in [2.05, 4.69) is 25.6 Å². The summed E-state index contributed by atoms with van der Waals surface area (Å²) in [5.74, 6) is 0. The monoisotopic (exact) mass is 372 g/mol. The number of halogens is 2. The van der Waals surface area contributed by atoms with Crippen LogP contribution in [0.2, 0.25) is 5.02 Å². The Hall–Kier alpha value is -0.720. The molecule has 1 saturated heterocycles. The van der Waals surface area contributed by atoms with Gasteiger partial charge in [0.15, 0.2) is 0 Å². The maximum Gasteiger partial charge on any atom is 0.115 e. The Kier molecular flexibility index (Phi) is 7.73. The highest BCUT2D eigenvalue weighted by molar-refractivity contribution is 7.10. The molecule has 0 amide bonds. The smallest absolute Gasteiger partial charge is 0.115 e. The zero-order chi connectivity index (χ0) is 15.2. The summed E-state index contributed by atoms with van der Waals surface area (Å²) in [6.45, 7) is 3.99. The maximum atomic E-state index is 6.30. The number of hydrogen-bond acceptors (Lipinski definition) is 5. The molecule has 0 radical (unpaired) electrons. The first-order valence-corrected chi connectivity index (χ1v) is 8.99. The predicted octanol–water partition coefficient (Wildman–Crippen LogP) is 3.76. The van der Waals surface area contributed by atoms with Crippen molar-refractivity contribution in [3.05, 3.63) is 45.6 Å². The first-order chi connectivity index (χ1) is 10.8. The molecule has 1 fully saturated rings. The third-order valence-corrected chi connectivity index (χ3v) is 5.47. The molecule has 0 aromatic carbocycles. The van der Waals surface area contributed by atoms with Crippen LogP contribution in [0.25, 0.3) is 0 Å². The summed E-state index contributed by atoms with van der Waals surface area (Å²) in [5, 5.41) is 6.44. The van der Waals surface area contributed by atoms with Gasteiger partial charge in [0.1, 0.15) is 6.33 Å². The lowest BCUT2D eigenvalue weighted by atomic mass is 10.1. The van der Waals surface area contributed by atoms with Crippen molar-refractivity contribution in [3.8, 4) is 0 Å². The van der Waals surface area contributed by atoms with Gasteiger partial charge in [0.25, 0.3) is 0 Å². The molecule has 3 rings (SSSR count). The van der Waals surface area contributed by atoms with Gasteiger partial charge in [-0.05, 0) is 43.8 Å². The highest BCUT2D eigenvalue weighted by atomic mass is 35.5. The van der Waals surface area contributed by atoms with Crippen molar-refractivity contribution in [1.29, 1.82) is 0 Å². The molecule has 3 heterocycles. The Morgan fingerprint density at radius 1 is 1.22 bits per heavy atom. The Balaban J connectivity index is 0.00000192. The Labute approximate surface area is 152 Å². The third kappa shape index (κ3) is 5.40. The minimum atomic E-state index is 0. The van der Waals surface area contributed by atoms with Crippen molar-refractivity contribution in [2.24, 2.45) is 0 Å². The fourth-order valence-corrected chi connectivity index (χ4v) is 4.07. The summed E-state index contributed by atoms with van der Waals surface area (Å²) in [4.78, 5) is 12.1. The second-order valence-electron chi connectivity index (χ2n) is 5.68. The molecule has 0 saturated carbocycles. The van der Waals surface area contributed by atoms with Crippen LogP contribution in [0, 0.1) is 0 Å². The van der Waals surface area contributed by atoms with Gasteiger partial charge in [0.2, 0.25) is 0 Å². The van der Waals surface area contributed by atoms with Crippen LogP contribution in [-0.4, -0.2) is 34.0 Å². The number of rotatable bonds is 5. The van der Waals surface area contributed by atoms with E-state index in [4.69, 9.17) is 11.6 Å². The molecular formula is C16H22Cl2N4S. The zero-order valence-electron chi connectivity index (χ0n) is 12.9. The third-order valence-electron chi connectivity index (χ3n) is 4.10. The van der Waals surface area contributed by atoms with Crippen LogP contribution < -0.4 is 5.32 Å². The minimum Gasteiger partial charge on any atom is -0.317 e. The lowest BCUT2D eigenvalue weighted by molar-refractivity contribution is 0.165. The van der Waals surface area contributed by atoms with Crippen molar-refractivity contribution in [2.75, 3.05) is 13.1 Å². The predicted molar refractivity (Wildman–Crippen MR) is 98.4 cm³/mol. The second kappa shape index (κ2) is 9.55. The summed E-state index contributed by atoms with van der Waals surface area (Å²) >= 11 is 8.04. The molecule has 1 aliphatic heterocycles. The van der Waals surface area contributed by atoms with E-state index in [0.717, 1.165) is 36.8 Å². The van der Waals surface area contributed by atoms with Crippen molar-refractivity contribution >= 4 is 35.3 Å². The van der Waals surface area contributed by atoms with Crippen LogP contribution >= 0.6 is 35.3 Å². The van der Waals surface area contributed by atoms with Gasteiger partial charge in [0.05, 0.1) is 5.02 Å². The van der Waals surface area contributed by atoms with Gasteiger partial charge >= 0.3 is 0 Å². The molecule has 1 N–H and O–H groups in total. The summed E-state index contributed by atoms with van der Waals surface area (Å²) in [6.07, 6.45) is 9.03. The fraction of sp³-hybridized carbons (Fsp3) is 0.500. The molecule has 0 spiro atoms. The normalized spacial score (nSPS) is 18.4. The molecule has 2 aromatic heterocycles. The van der Waals surface area contributed by atoms with E-state index < -0.39 is 0 Å². The number of nitrogens with zero attached hydrogens (tertiary/aromatic N) is 3. The topological polar surface area (TPSA) is 41.1 Å². The number of thiophene rings is 1. The van der Waals surface area contributed by atoms with Crippen molar-refractivity contribution < 1.29 is 0 Å². The highest BCUT2D eigenvalue weighted by Gasteiger charge is 2.21. The molecule has 1 atom stereocenters. The van der Waals surface area contributed by atoms with E-state index in [1.165, 1.54) is 24.1 Å². The maximum absolute atomic E-state index is 6.30. The van der Waals surface area contributed by atoms with E-state index in [9.17, 15) is 0 Å². The molecule has 0 aliphatic carbocycles. The Bertz CT molecular complexity index is 570. The summed E-state index contributed by atoms with van der Waals surface area (Å²) in [5.41, 5.74) is 1.16. The number of nitrogens with one attached hydrogen (secondary N) is 1. The van der Waals surface area contributed by atoms with Gasteiger partial charge in [-0.3, -0.25) is 4.90 Å². The van der Waals surface area contributed by atoms with Gasteiger partial charge in [-0.1, -0.05) is 11.6 Å². The van der Waals surface area contributed by atoms with Crippen LogP contribution in [-0.2, 0) is 13.1 Å². The van der Waals surface area contributed by atoms with E-state index in [-0.39, 0.29) is 12.4 Å².